The third-order valence-corrected chi connectivity index (χ3v) is 4.60. The lowest BCUT2D eigenvalue weighted by Gasteiger charge is -2.37. The quantitative estimate of drug-likeness (QED) is 0.496. The number of anilines is 1. The summed E-state index contributed by atoms with van der Waals surface area (Å²) in [5.74, 6) is -2.25. The predicted octanol–water partition coefficient (Wildman–Crippen LogP) is 3.28. The van der Waals surface area contributed by atoms with Crippen molar-refractivity contribution in [3.63, 3.8) is 0 Å². The van der Waals surface area contributed by atoms with Crippen LogP contribution in [-0.2, 0) is 14.3 Å². The highest BCUT2D eigenvalue weighted by atomic mass is 32.1. The number of rotatable bonds is 4. The summed E-state index contributed by atoms with van der Waals surface area (Å²) in [6.45, 7) is 1.70. The monoisotopic (exact) mass is 384 g/mol. The van der Waals surface area contributed by atoms with Gasteiger partial charge in [-0.05, 0) is 49.0 Å². The summed E-state index contributed by atoms with van der Waals surface area (Å²) in [6, 6.07) is 14.3. The van der Waals surface area contributed by atoms with Gasteiger partial charge in [-0.3, -0.25) is 9.69 Å². The summed E-state index contributed by atoms with van der Waals surface area (Å²) in [4.78, 5) is 26.4. The number of nitrogens with zero attached hydrogens (tertiary/aromatic N) is 1. The molecule has 1 heterocycles. The first-order valence-corrected chi connectivity index (χ1v) is 8.59. The summed E-state index contributed by atoms with van der Waals surface area (Å²) < 4.78 is 18.4. The molecule has 0 spiro atoms. The summed E-state index contributed by atoms with van der Waals surface area (Å²) in [5.41, 5.74) is 1.86. The van der Waals surface area contributed by atoms with Crippen LogP contribution in [0, 0.1) is 5.82 Å². The Hall–Kier alpha value is -3.06. The van der Waals surface area contributed by atoms with Gasteiger partial charge in [0.2, 0.25) is 0 Å². The molecule has 0 fully saturated rings. The van der Waals surface area contributed by atoms with E-state index in [4.69, 9.17) is 12.2 Å². The van der Waals surface area contributed by atoms with Crippen molar-refractivity contribution in [1.29, 1.82) is 0 Å². The van der Waals surface area contributed by atoms with Gasteiger partial charge in [0.25, 0.3) is 5.78 Å². The van der Waals surface area contributed by atoms with Crippen LogP contribution in [-0.4, -0.2) is 24.0 Å². The molecule has 1 atom stereocenters. The van der Waals surface area contributed by atoms with Crippen LogP contribution < -0.4 is 10.2 Å². The number of hydrogen-bond donors (Lipinski definition) is 1. The molecule has 2 aromatic carbocycles. The summed E-state index contributed by atoms with van der Waals surface area (Å²) in [5, 5.41) is 3.40. The number of methoxy groups -OCH3 is 1. The molecule has 0 aromatic heterocycles. The summed E-state index contributed by atoms with van der Waals surface area (Å²) in [7, 11) is 1.14. The molecule has 0 saturated heterocycles. The van der Waals surface area contributed by atoms with Crippen LogP contribution in [0.15, 0.2) is 65.9 Å². The molecule has 2 aromatic rings. The number of ketones is 1. The van der Waals surface area contributed by atoms with E-state index >= 15 is 0 Å². The molecule has 1 N–H and O–H groups in total. The van der Waals surface area contributed by atoms with Crippen molar-refractivity contribution in [3.8, 4) is 0 Å². The SMILES string of the molecule is COC(=O)C(=O)C1=C(C)N(c2ccccc2)C(=S)N[C@@H]1c1cccc(F)c1. The lowest BCUT2D eigenvalue weighted by Crippen LogP contribution is -2.48. The minimum absolute atomic E-state index is 0.157. The van der Waals surface area contributed by atoms with Crippen molar-refractivity contribution in [1.82, 2.24) is 5.32 Å². The first kappa shape index (κ1) is 18.7. The van der Waals surface area contributed by atoms with Crippen molar-refractivity contribution < 1.29 is 18.7 Å². The Morgan fingerprint density at radius 3 is 2.48 bits per heavy atom. The number of esters is 1. The number of carbonyl (C=O) groups excluding carboxylic acids is 2. The fourth-order valence-electron chi connectivity index (χ4n) is 3.06. The lowest BCUT2D eigenvalue weighted by atomic mass is 9.91. The molecular formula is C20H17FN2O3S. The minimum atomic E-state index is -0.992. The van der Waals surface area contributed by atoms with Gasteiger partial charge in [-0.2, -0.15) is 0 Å². The van der Waals surface area contributed by atoms with E-state index in [0.29, 0.717) is 16.4 Å². The van der Waals surface area contributed by atoms with Crippen molar-refractivity contribution in [2.45, 2.75) is 13.0 Å². The molecule has 7 heteroatoms. The van der Waals surface area contributed by atoms with E-state index in [2.05, 4.69) is 10.1 Å². The Bertz CT molecular complexity index is 943. The number of carbonyl (C=O) groups is 2. The van der Waals surface area contributed by atoms with Gasteiger partial charge in [0.1, 0.15) is 5.82 Å². The minimum Gasteiger partial charge on any atom is -0.463 e. The average molecular weight is 384 g/mol. The standard InChI is InChI=1S/C20H17FN2O3S/c1-12-16(18(24)19(25)26-2)17(13-7-6-8-14(21)11-13)22-20(27)23(12)15-9-4-3-5-10-15/h3-11,17H,1-2H3,(H,22,27)/t17-/m1/s1. The number of allylic oxidation sites excluding steroid dienone is 1. The van der Waals surface area contributed by atoms with E-state index in [1.807, 2.05) is 30.3 Å². The maximum Gasteiger partial charge on any atom is 0.379 e. The molecule has 1 aliphatic heterocycles. The van der Waals surface area contributed by atoms with Crippen LogP contribution in [0.2, 0.25) is 0 Å². The van der Waals surface area contributed by atoms with Gasteiger partial charge in [0.05, 0.1) is 18.7 Å². The molecular weight excluding hydrogens is 367 g/mol. The Kier molecular flexibility index (Phi) is 5.32. The van der Waals surface area contributed by atoms with E-state index in [0.717, 1.165) is 12.8 Å². The smallest absolute Gasteiger partial charge is 0.379 e. The second kappa shape index (κ2) is 7.67. The first-order chi connectivity index (χ1) is 12.9. The molecule has 3 rings (SSSR count). The second-order valence-corrected chi connectivity index (χ2v) is 6.31. The van der Waals surface area contributed by atoms with Crippen molar-refractivity contribution in [2.24, 2.45) is 0 Å². The van der Waals surface area contributed by atoms with Crippen LogP contribution in [0.5, 0.6) is 0 Å². The molecule has 0 radical (unpaired) electrons. The van der Waals surface area contributed by atoms with Crippen LogP contribution in [0.1, 0.15) is 18.5 Å². The topological polar surface area (TPSA) is 58.6 Å². The number of benzene rings is 2. The highest BCUT2D eigenvalue weighted by Crippen LogP contribution is 2.34. The van der Waals surface area contributed by atoms with Gasteiger partial charge in [-0.15, -0.1) is 0 Å². The maximum absolute atomic E-state index is 13.7. The van der Waals surface area contributed by atoms with Gasteiger partial charge in [-0.1, -0.05) is 30.3 Å². The number of Topliss-reactive ketones (excluding diaryl/α,β-unsaturated/α-hetero) is 1. The molecule has 0 saturated carbocycles. The van der Waals surface area contributed by atoms with Gasteiger partial charge in [0.15, 0.2) is 5.11 Å². The van der Waals surface area contributed by atoms with E-state index in [9.17, 15) is 14.0 Å². The van der Waals surface area contributed by atoms with Crippen LogP contribution >= 0.6 is 12.2 Å². The third-order valence-electron chi connectivity index (χ3n) is 4.30. The van der Waals surface area contributed by atoms with E-state index in [-0.39, 0.29) is 5.57 Å². The summed E-state index contributed by atoms with van der Waals surface area (Å²) in [6.07, 6.45) is 0. The zero-order chi connectivity index (χ0) is 19.6. The Labute approximate surface area is 161 Å². The average Bonchev–Trinajstić information content (AvgIpc) is 2.67. The van der Waals surface area contributed by atoms with E-state index < -0.39 is 23.6 Å². The summed E-state index contributed by atoms with van der Waals surface area (Å²) >= 11 is 5.49. The number of hydrogen-bond acceptors (Lipinski definition) is 4. The van der Waals surface area contributed by atoms with E-state index in [1.165, 1.54) is 18.2 Å². The number of ether oxygens (including phenoxy) is 1. The van der Waals surface area contributed by atoms with Gasteiger partial charge in [-0.25, -0.2) is 9.18 Å². The molecule has 138 valence electrons. The fraction of sp³-hybridized carbons (Fsp3) is 0.150. The van der Waals surface area contributed by atoms with Crippen molar-refractivity contribution in [3.05, 3.63) is 77.2 Å². The van der Waals surface area contributed by atoms with Gasteiger partial charge < -0.3 is 10.1 Å². The molecule has 0 aliphatic carbocycles. The lowest BCUT2D eigenvalue weighted by molar-refractivity contribution is -0.150. The highest BCUT2D eigenvalue weighted by Gasteiger charge is 2.37. The Balaban J connectivity index is 2.18. The molecule has 0 amide bonds. The number of nitrogens with one attached hydrogen (secondary N) is 1. The van der Waals surface area contributed by atoms with Gasteiger partial charge in [0, 0.05) is 11.4 Å². The van der Waals surface area contributed by atoms with E-state index in [1.54, 1.807) is 17.9 Å². The number of halogens is 1. The molecule has 1 aliphatic rings. The Morgan fingerprint density at radius 2 is 1.85 bits per heavy atom. The zero-order valence-corrected chi connectivity index (χ0v) is 15.5. The number of thiocarbonyl (C=S) groups is 1. The molecule has 27 heavy (non-hydrogen) atoms. The van der Waals surface area contributed by atoms with Crippen LogP contribution in [0.3, 0.4) is 0 Å². The molecule has 0 unspecified atom stereocenters. The van der Waals surface area contributed by atoms with Gasteiger partial charge >= 0.3 is 5.97 Å². The number of para-hydroxylation sites is 1. The zero-order valence-electron chi connectivity index (χ0n) is 14.7. The Morgan fingerprint density at radius 1 is 1.15 bits per heavy atom. The third kappa shape index (κ3) is 3.59. The normalized spacial score (nSPS) is 16.8. The van der Waals surface area contributed by atoms with Crippen molar-refractivity contribution >= 4 is 34.8 Å². The van der Waals surface area contributed by atoms with Crippen LogP contribution in [0.25, 0.3) is 0 Å². The maximum atomic E-state index is 13.7. The predicted molar refractivity (Wildman–Crippen MR) is 104 cm³/mol. The largest absolute Gasteiger partial charge is 0.463 e. The van der Waals surface area contributed by atoms with Crippen LogP contribution in [0.4, 0.5) is 10.1 Å². The second-order valence-electron chi connectivity index (χ2n) is 5.93. The first-order valence-electron chi connectivity index (χ1n) is 8.18. The molecule has 5 nitrogen and oxygen atoms in total. The fourth-order valence-corrected chi connectivity index (χ4v) is 3.42. The van der Waals surface area contributed by atoms with Crippen molar-refractivity contribution in [2.75, 3.05) is 12.0 Å². The highest BCUT2D eigenvalue weighted by molar-refractivity contribution is 7.80. The molecule has 0 bridgehead atoms.